The fraction of sp³-hybridized carbons (Fsp3) is 0.538. The van der Waals surface area contributed by atoms with Gasteiger partial charge in [-0.2, -0.15) is 13.2 Å². The molecule has 0 radical (unpaired) electrons. The van der Waals surface area contributed by atoms with E-state index < -0.39 is 18.5 Å². The Bertz CT molecular complexity index is 473. The van der Waals surface area contributed by atoms with Crippen LogP contribution in [0.15, 0.2) is 18.3 Å². The summed E-state index contributed by atoms with van der Waals surface area (Å²) in [4.78, 5) is 17.6. The molecular weight excluding hydrogens is 257 g/mol. The summed E-state index contributed by atoms with van der Waals surface area (Å²) in [7, 11) is 0. The normalized spacial score (nSPS) is 19.8. The summed E-state index contributed by atoms with van der Waals surface area (Å²) < 4.78 is 36.9. The van der Waals surface area contributed by atoms with Crippen molar-refractivity contribution in [3.8, 4) is 0 Å². The van der Waals surface area contributed by atoms with Gasteiger partial charge in [-0.25, -0.2) is 0 Å². The van der Waals surface area contributed by atoms with Crippen LogP contribution < -0.4 is 0 Å². The Balaban J connectivity index is 1.99. The zero-order valence-corrected chi connectivity index (χ0v) is 10.6. The van der Waals surface area contributed by atoms with Gasteiger partial charge in [0.05, 0.1) is 0 Å². The molecule has 1 saturated heterocycles. The molecule has 1 aliphatic rings. The van der Waals surface area contributed by atoms with Gasteiger partial charge in [0.15, 0.2) is 0 Å². The third kappa shape index (κ3) is 3.68. The van der Waals surface area contributed by atoms with Crippen LogP contribution in [0.1, 0.15) is 28.9 Å². The molecule has 0 bridgehead atoms. The molecule has 0 N–H and O–H groups in total. The summed E-state index contributed by atoms with van der Waals surface area (Å²) in [5.74, 6) is -0.693. The van der Waals surface area contributed by atoms with Gasteiger partial charge >= 0.3 is 6.18 Å². The quantitative estimate of drug-likeness (QED) is 0.829. The summed E-state index contributed by atoms with van der Waals surface area (Å²) in [5, 5.41) is 0. The van der Waals surface area contributed by atoms with Gasteiger partial charge in [-0.15, -0.1) is 0 Å². The first-order chi connectivity index (χ1) is 8.85. The second-order valence-electron chi connectivity index (χ2n) is 4.91. The smallest absolute Gasteiger partial charge is 0.338 e. The molecule has 0 saturated carbocycles. The highest BCUT2D eigenvalue weighted by Crippen LogP contribution is 2.30. The predicted molar refractivity (Wildman–Crippen MR) is 63.7 cm³/mol. The van der Waals surface area contributed by atoms with Gasteiger partial charge in [0, 0.05) is 37.0 Å². The molecule has 1 fully saturated rings. The van der Waals surface area contributed by atoms with Crippen LogP contribution in [0.25, 0.3) is 0 Å². The number of pyridine rings is 1. The average molecular weight is 272 g/mol. The molecule has 2 rings (SSSR count). The molecule has 6 heteroatoms. The Hall–Kier alpha value is -1.59. The largest absolute Gasteiger partial charge is 0.389 e. The van der Waals surface area contributed by atoms with Crippen molar-refractivity contribution >= 4 is 5.91 Å². The number of halogens is 3. The van der Waals surface area contributed by atoms with E-state index in [4.69, 9.17) is 0 Å². The van der Waals surface area contributed by atoms with E-state index in [0.29, 0.717) is 18.5 Å². The average Bonchev–Trinajstić information content (AvgIpc) is 2.74. The predicted octanol–water partition coefficient (Wildman–Crippen LogP) is 2.80. The van der Waals surface area contributed by atoms with Crippen molar-refractivity contribution in [1.29, 1.82) is 0 Å². The lowest BCUT2D eigenvalue weighted by Crippen LogP contribution is -2.29. The second kappa shape index (κ2) is 5.19. The summed E-state index contributed by atoms with van der Waals surface area (Å²) in [5.41, 5.74) is 1.21. The lowest BCUT2D eigenvalue weighted by molar-refractivity contribution is -0.143. The number of amides is 1. The molecular formula is C13H15F3N2O. The Kier molecular flexibility index (Phi) is 3.78. The topological polar surface area (TPSA) is 33.2 Å². The molecule has 1 amide bonds. The van der Waals surface area contributed by atoms with E-state index in [1.54, 1.807) is 19.1 Å². The third-order valence-corrected chi connectivity index (χ3v) is 3.24. The molecule has 1 atom stereocenters. The van der Waals surface area contributed by atoms with Crippen molar-refractivity contribution in [2.24, 2.45) is 5.92 Å². The SMILES string of the molecule is Cc1cc(C(=O)N2CCC(CC(F)(F)F)C2)ccn1. The highest BCUT2D eigenvalue weighted by Gasteiger charge is 2.36. The molecule has 1 aromatic heterocycles. The first kappa shape index (κ1) is 13.8. The van der Waals surface area contributed by atoms with E-state index in [2.05, 4.69) is 4.98 Å². The van der Waals surface area contributed by atoms with Crippen LogP contribution in [0, 0.1) is 12.8 Å². The second-order valence-corrected chi connectivity index (χ2v) is 4.91. The fourth-order valence-electron chi connectivity index (χ4n) is 2.37. The van der Waals surface area contributed by atoms with Crippen molar-refractivity contribution in [1.82, 2.24) is 9.88 Å². The molecule has 2 heterocycles. The zero-order chi connectivity index (χ0) is 14.0. The van der Waals surface area contributed by atoms with Crippen molar-refractivity contribution < 1.29 is 18.0 Å². The van der Waals surface area contributed by atoms with Crippen LogP contribution in [-0.2, 0) is 0 Å². The van der Waals surface area contributed by atoms with Gasteiger partial charge < -0.3 is 4.90 Å². The highest BCUT2D eigenvalue weighted by molar-refractivity contribution is 5.94. The van der Waals surface area contributed by atoms with Gasteiger partial charge in [-0.1, -0.05) is 0 Å². The summed E-state index contributed by atoms with van der Waals surface area (Å²) in [6, 6.07) is 3.24. The van der Waals surface area contributed by atoms with Gasteiger partial charge in [0.1, 0.15) is 0 Å². The van der Waals surface area contributed by atoms with Crippen molar-refractivity contribution in [2.75, 3.05) is 13.1 Å². The number of hydrogen-bond acceptors (Lipinski definition) is 2. The first-order valence-electron chi connectivity index (χ1n) is 6.14. The Labute approximate surface area is 109 Å². The van der Waals surface area contributed by atoms with E-state index in [-0.39, 0.29) is 12.5 Å². The van der Waals surface area contributed by atoms with Crippen molar-refractivity contribution in [2.45, 2.75) is 25.9 Å². The summed E-state index contributed by atoms with van der Waals surface area (Å²) in [6.45, 7) is 2.34. The number of carbonyl (C=O) groups excluding carboxylic acids is 1. The van der Waals surface area contributed by atoms with Crippen LogP contribution in [-0.4, -0.2) is 35.1 Å². The minimum absolute atomic E-state index is 0.180. The molecule has 19 heavy (non-hydrogen) atoms. The van der Waals surface area contributed by atoms with Crippen molar-refractivity contribution in [3.63, 3.8) is 0 Å². The lowest BCUT2D eigenvalue weighted by atomic mass is 10.1. The number of aryl methyl sites for hydroxylation is 1. The fourth-order valence-corrected chi connectivity index (χ4v) is 2.37. The van der Waals surface area contributed by atoms with E-state index >= 15 is 0 Å². The Morgan fingerprint density at radius 1 is 1.53 bits per heavy atom. The molecule has 104 valence electrons. The zero-order valence-electron chi connectivity index (χ0n) is 10.6. The minimum atomic E-state index is -4.16. The molecule has 1 aliphatic heterocycles. The number of nitrogens with zero attached hydrogens (tertiary/aromatic N) is 2. The molecule has 1 aromatic rings. The molecule has 1 unspecified atom stereocenters. The number of likely N-dealkylation sites (tertiary alicyclic amines) is 1. The highest BCUT2D eigenvalue weighted by atomic mass is 19.4. The van der Waals surface area contributed by atoms with E-state index in [0.717, 1.165) is 5.69 Å². The van der Waals surface area contributed by atoms with Crippen molar-refractivity contribution in [3.05, 3.63) is 29.6 Å². The van der Waals surface area contributed by atoms with Gasteiger partial charge in [0.25, 0.3) is 5.91 Å². The number of hydrogen-bond donors (Lipinski definition) is 0. The molecule has 3 nitrogen and oxygen atoms in total. The first-order valence-corrected chi connectivity index (χ1v) is 6.14. The van der Waals surface area contributed by atoms with Crippen LogP contribution in [0.5, 0.6) is 0 Å². The maximum Gasteiger partial charge on any atom is 0.389 e. The monoisotopic (exact) mass is 272 g/mol. The summed E-state index contributed by atoms with van der Waals surface area (Å²) in [6.07, 6.45) is -3.02. The number of alkyl halides is 3. The molecule has 0 aromatic carbocycles. The maximum absolute atomic E-state index is 12.3. The Morgan fingerprint density at radius 2 is 2.26 bits per heavy atom. The van der Waals surface area contributed by atoms with Crippen LogP contribution in [0.3, 0.4) is 0 Å². The standard InChI is InChI=1S/C13H15F3N2O/c1-9-6-11(2-4-17-9)12(19)18-5-3-10(8-18)7-13(14,15)16/h2,4,6,10H,3,5,7-8H2,1H3. The van der Waals surface area contributed by atoms with Crippen LogP contribution in [0.2, 0.25) is 0 Å². The van der Waals surface area contributed by atoms with Crippen LogP contribution in [0.4, 0.5) is 13.2 Å². The Morgan fingerprint density at radius 3 is 2.89 bits per heavy atom. The van der Waals surface area contributed by atoms with Gasteiger partial charge in [-0.05, 0) is 31.4 Å². The third-order valence-electron chi connectivity index (χ3n) is 3.24. The number of aromatic nitrogens is 1. The van der Waals surface area contributed by atoms with Gasteiger partial charge in [-0.3, -0.25) is 9.78 Å². The van der Waals surface area contributed by atoms with Gasteiger partial charge in [0.2, 0.25) is 0 Å². The number of rotatable bonds is 2. The molecule has 0 spiro atoms. The van der Waals surface area contributed by atoms with Crippen LogP contribution >= 0.6 is 0 Å². The van der Waals surface area contributed by atoms with E-state index in [1.807, 2.05) is 0 Å². The van der Waals surface area contributed by atoms with E-state index in [9.17, 15) is 18.0 Å². The molecule has 0 aliphatic carbocycles. The number of carbonyl (C=O) groups is 1. The summed E-state index contributed by atoms with van der Waals surface area (Å²) >= 11 is 0. The lowest BCUT2D eigenvalue weighted by Gasteiger charge is -2.17. The van der Waals surface area contributed by atoms with E-state index in [1.165, 1.54) is 11.1 Å². The minimum Gasteiger partial charge on any atom is -0.338 e. The maximum atomic E-state index is 12.3.